The van der Waals surface area contributed by atoms with Gasteiger partial charge < -0.3 is 25.2 Å². The second-order valence-corrected chi connectivity index (χ2v) is 7.53. The van der Waals surface area contributed by atoms with Gasteiger partial charge in [0.15, 0.2) is 6.61 Å². The Morgan fingerprint density at radius 3 is 2.00 bits per heavy atom. The molecule has 13 heteroatoms. The predicted molar refractivity (Wildman–Crippen MR) is 116 cm³/mol. The SMILES string of the molecule is O=C(NC(Cc1ccc(OCCC(F)(F)F)cc1)C(=O)NCCO)c1ccc(OCC(F)(F)F)cc1. The van der Waals surface area contributed by atoms with E-state index >= 15 is 0 Å². The Labute approximate surface area is 202 Å². The summed E-state index contributed by atoms with van der Waals surface area (Å²) in [7, 11) is 0. The van der Waals surface area contributed by atoms with Gasteiger partial charge in [-0.1, -0.05) is 12.1 Å². The van der Waals surface area contributed by atoms with Gasteiger partial charge in [-0.05, 0) is 42.0 Å². The molecule has 0 radical (unpaired) electrons. The van der Waals surface area contributed by atoms with E-state index in [0.29, 0.717) is 5.56 Å². The van der Waals surface area contributed by atoms with Crippen molar-refractivity contribution < 1.29 is 50.5 Å². The topological polar surface area (TPSA) is 96.9 Å². The fourth-order valence-electron chi connectivity index (χ4n) is 2.86. The van der Waals surface area contributed by atoms with Crippen molar-refractivity contribution in [3.63, 3.8) is 0 Å². The molecule has 0 aliphatic rings. The van der Waals surface area contributed by atoms with Crippen molar-refractivity contribution in [2.75, 3.05) is 26.4 Å². The van der Waals surface area contributed by atoms with E-state index in [1.54, 1.807) is 0 Å². The molecule has 198 valence electrons. The minimum atomic E-state index is -4.52. The normalized spacial score (nSPS) is 12.5. The second-order valence-electron chi connectivity index (χ2n) is 7.53. The lowest BCUT2D eigenvalue weighted by atomic mass is 10.0. The zero-order valence-electron chi connectivity index (χ0n) is 18.8. The first-order chi connectivity index (χ1) is 16.9. The number of ether oxygens (including phenoxy) is 2. The van der Waals surface area contributed by atoms with Crippen molar-refractivity contribution in [2.24, 2.45) is 0 Å². The van der Waals surface area contributed by atoms with Crippen LogP contribution in [-0.4, -0.2) is 61.7 Å². The van der Waals surface area contributed by atoms with Crippen LogP contribution in [0.3, 0.4) is 0 Å². The Kier molecular flexibility index (Phi) is 10.4. The number of amides is 2. The molecule has 7 nitrogen and oxygen atoms in total. The number of rotatable bonds is 12. The lowest BCUT2D eigenvalue weighted by Crippen LogP contribution is -2.48. The van der Waals surface area contributed by atoms with Gasteiger partial charge in [-0.2, -0.15) is 26.3 Å². The Morgan fingerprint density at radius 1 is 0.861 bits per heavy atom. The summed E-state index contributed by atoms with van der Waals surface area (Å²) in [5.74, 6) is -1.19. The Hall–Kier alpha value is -3.48. The van der Waals surface area contributed by atoms with Crippen LogP contribution in [0.15, 0.2) is 48.5 Å². The monoisotopic (exact) mass is 522 g/mol. The summed E-state index contributed by atoms with van der Waals surface area (Å²) < 4.78 is 83.1. The lowest BCUT2D eigenvalue weighted by Gasteiger charge is -2.19. The average molecular weight is 522 g/mol. The Balaban J connectivity index is 2.03. The number of benzene rings is 2. The number of halogens is 6. The molecule has 1 atom stereocenters. The van der Waals surface area contributed by atoms with Crippen LogP contribution in [0.4, 0.5) is 26.3 Å². The first-order valence-electron chi connectivity index (χ1n) is 10.6. The largest absolute Gasteiger partial charge is 0.493 e. The summed E-state index contributed by atoms with van der Waals surface area (Å²) in [5, 5.41) is 13.9. The van der Waals surface area contributed by atoms with Gasteiger partial charge in [-0.15, -0.1) is 0 Å². The summed E-state index contributed by atoms with van der Waals surface area (Å²) >= 11 is 0. The summed E-state index contributed by atoms with van der Waals surface area (Å²) in [6.45, 7) is -2.44. The standard InChI is InChI=1S/C23H24F6N2O5/c24-22(25,26)9-12-35-17-5-1-15(2-6-17)13-19(21(34)30-10-11-32)31-20(33)16-3-7-18(8-4-16)36-14-23(27,28)29/h1-8,19,32H,9-14H2,(H,30,34)(H,31,33). The van der Waals surface area contributed by atoms with Crippen LogP contribution in [0.1, 0.15) is 22.3 Å². The molecule has 36 heavy (non-hydrogen) atoms. The number of alkyl halides is 6. The van der Waals surface area contributed by atoms with E-state index < -0.39 is 49.8 Å². The van der Waals surface area contributed by atoms with Gasteiger partial charge in [0, 0.05) is 18.5 Å². The molecule has 0 spiro atoms. The number of hydrogen-bond acceptors (Lipinski definition) is 5. The van der Waals surface area contributed by atoms with Gasteiger partial charge >= 0.3 is 12.4 Å². The molecule has 0 saturated carbocycles. The van der Waals surface area contributed by atoms with Crippen LogP contribution in [-0.2, 0) is 11.2 Å². The molecule has 0 fully saturated rings. The van der Waals surface area contributed by atoms with Crippen LogP contribution in [0, 0.1) is 0 Å². The van der Waals surface area contributed by atoms with Crippen molar-refractivity contribution in [1.29, 1.82) is 0 Å². The summed E-state index contributed by atoms with van der Waals surface area (Å²) in [6, 6.07) is 9.63. The molecule has 0 heterocycles. The minimum Gasteiger partial charge on any atom is -0.493 e. The number of carbonyl (C=O) groups is 2. The predicted octanol–water partition coefficient (Wildman–Crippen LogP) is 3.41. The maximum Gasteiger partial charge on any atom is 0.422 e. The van der Waals surface area contributed by atoms with Crippen molar-refractivity contribution in [3.8, 4) is 11.5 Å². The highest BCUT2D eigenvalue weighted by atomic mass is 19.4. The highest BCUT2D eigenvalue weighted by Gasteiger charge is 2.29. The molecule has 2 aromatic rings. The number of nitrogens with one attached hydrogen (secondary N) is 2. The molecule has 0 saturated heterocycles. The average Bonchev–Trinajstić information content (AvgIpc) is 2.81. The van der Waals surface area contributed by atoms with Crippen LogP contribution in [0.25, 0.3) is 0 Å². The highest BCUT2D eigenvalue weighted by Crippen LogP contribution is 2.21. The van der Waals surface area contributed by atoms with Gasteiger partial charge in [0.25, 0.3) is 5.91 Å². The van der Waals surface area contributed by atoms with E-state index in [2.05, 4.69) is 15.4 Å². The van der Waals surface area contributed by atoms with E-state index in [1.165, 1.54) is 48.5 Å². The first-order valence-corrected chi connectivity index (χ1v) is 10.6. The quantitative estimate of drug-likeness (QED) is 0.372. The summed E-state index contributed by atoms with van der Waals surface area (Å²) in [5.41, 5.74) is 0.612. The van der Waals surface area contributed by atoms with Crippen LogP contribution < -0.4 is 20.1 Å². The molecule has 0 aliphatic heterocycles. The third kappa shape index (κ3) is 10.8. The van der Waals surface area contributed by atoms with E-state index in [-0.39, 0.29) is 36.6 Å². The van der Waals surface area contributed by atoms with Crippen LogP contribution in [0.2, 0.25) is 0 Å². The number of hydrogen-bond donors (Lipinski definition) is 3. The summed E-state index contributed by atoms with van der Waals surface area (Å²) in [4.78, 5) is 25.1. The summed E-state index contributed by atoms with van der Waals surface area (Å²) in [6.07, 6.45) is -9.97. The Morgan fingerprint density at radius 2 is 1.44 bits per heavy atom. The van der Waals surface area contributed by atoms with Gasteiger partial charge in [0.1, 0.15) is 17.5 Å². The van der Waals surface area contributed by atoms with Gasteiger partial charge in [-0.25, -0.2) is 0 Å². The molecule has 0 bridgehead atoms. The third-order valence-corrected chi connectivity index (χ3v) is 4.57. The second kappa shape index (κ2) is 13.0. The Bertz CT molecular complexity index is 978. The molecule has 0 aromatic heterocycles. The molecular weight excluding hydrogens is 498 g/mol. The van der Waals surface area contributed by atoms with Crippen LogP contribution >= 0.6 is 0 Å². The number of carbonyl (C=O) groups excluding carboxylic acids is 2. The number of aliphatic hydroxyl groups is 1. The molecule has 1 unspecified atom stereocenters. The van der Waals surface area contributed by atoms with Crippen molar-refractivity contribution in [1.82, 2.24) is 10.6 Å². The van der Waals surface area contributed by atoms with Crippen molar-refractivity contribution in [3.05, 3.63) is 59.7 Å². The fourth-order valence-corrected chi connectivity index (χ4v) is 2.86. The molecule has 2 rings (SSSR count). The van der Waals surface area contributed by atoms with E-state index in [4.69, 9.17) is 9.84 Å². The smallest absolute Gasteiger partial charge is 0.422 e. The van der Waals surface area contributed by atoms with Gasteiger partial charge in [0.05, 0.1) is 19.6 Å². The zero-order valence-corrected chi connectivity index (χ0v) is 18.8. The maximum absolute atomic E-state index is 12.6. The first kappa shape index (κ1) is 28.8. The molecular formula is C23H24F6N2O5. The molecule has 2 aromatic carbocycles. The van der Waals surface area contributed by atoms with Crippen molar-refractivity contribution >= 4 is 11.8 Å². The van der Waals surface area contributed by atoms with Gasteiger partial charge in [-0.3, -0.25) is 9.59 Å². The molecule has 3 N–H and O–H groups in total. The van der Waals surface area contributed by atoms with Crippen LogP contribution in [0.5, 0.6) is 11.5 Å². The molecule has 2 amide bonds. The molecule has 0 aliphatic carbocycles. The van der Waals surface area contributed by atoms with Crippen molar-refractivity contribution in [2.45, 2.75) is 31.2 Å². The maximum atomic E-state index is 12.6. The van der Waals surface area contributed by atoms with E-state index in [0.717, 1.165) is 0 Å². The number of aliphatic hydroxyl groups excluding tert-OH is 1. The van der Waals surface area contributed by atoms with Gasteiger partial charge in [0.2, 0.25) is 5.91 Å². The fraction of sp³-hybridized carbons (Fsp3) is 0.391. The minimum absolute atomic E-state index is 0.00138. The third-order valence-electron chi connectivity index (χ3n) is 4.57. The lowest BCUT2D eigenvalue weighted by molar-refractivity contribution is -0.153. The highest BCUT2D eigenvalue weighted by molar-refractivity contribution is 5.97. The van der Waals surface area contributed by atoms with E-state index in [9.17, 15) is 35.9 Å². The zero-order chi connectivity index (χ0) is 26.8. The van der Waals surface area contributed by atoms with E-state index in [1.807, 2.05) is 0 Å².